The summed E-state index contributed by atoms with van der Waals surface area (Å²) in [6, 6.07) is 10.2. The van der Waals surface area contributed by atoms with Gasteiger partial charge in [0.15, 0.2) is 0 Å². The van der Waals surface area contributed by atoms with Crippen LogP contribution < -0.4 is 10.5 Å². The summed E-state index contributed by atoms with van der Waals surface area (Å²) in [5.74, 6) is 0. The fourth-order valence-corrected chi connectivity index (χ4v) is 3.41. The summed E-state index contributed by atoms with van der Waals surface area (Å²) < 4.78 is 28.4. The van der Waals surface area contributed by atoms with E-state index in [4.69, 9.17) is 5.73 Å². The quantitative estimate of drug-likeness (QED) is 0.623. The van der Waals surface area contributed by atoms with Gasteiger partial charge in [-0.15, -0.1) is 12.4 Å². The average molecular weight is 388 g/mol. The van der Waals surface area contributed by atoms with Crippen LogP contribution >= 0.6 is 12.4 Å². The molecule has 0 saturated carbocycles. The van der Waals surface area contributed by atoms with Crippen LogP contribution in [-0.4, -0.2) is 55.8 Å². The van der Waals surface area contributed by atoms with E-state index in [2.05, 4.69) is 26.9 Å². The zero-order valence-corrected chi connectivity index (χ0v) is 16.0. The molecule has 0 aliphatic heterocycles. The fourth-order valence-electron chi connectivity index (χ4n) is 2.41. The number of rotatable bonds is 10. The third kappa shape index (κ3) is 7.13. The molecular weight excluding hydrogens is 362 g/mol. The van der Waals surface area contributed by atoms with E-state index < -0.39 is 10.0 Å². The van der Waals surface area contributed by atoms with Crippen LogP contribution in [0.4, 0.5) is 0 Å². The summed E-state index contributed by atoms with van der Waals surface area (Å²) >= 11 is 0. The van der Waals surface area contributed by atoms with Crippen molar-refractivity contribution in [3.05, 3.63) is 48.3 Å². The smallest absolute Gasteiger partial charge is 0.243 e. The van der Waals surface area contributed by atoms with Gasteiger partial charge in [0.1, 0.15) is 4.90 Å². The number of benzene rings is 1. The molecule has 25 heavy (non-hydrogen) atoms. The Morgan fingerprint density at radius 2 is 1.92 bits per heavy atom. The molecule has 140 valence electrons. The van der Waals surface area contributed by atoms with E-state index >= 15 is 0 Å². The number of hydrogen-bond acceptors (Lipinski definition) is 5. The van der Waals surface area contributed by atoms with Crippen LogP contribution in [0.3, 0.4) is 0 Å². The highest BCUT2D eigenvalue weighted by Crippen LogP contribution is 2.06. The molecule has 2 aromatic rings. The number of hydrogen-bond donors (Lipinski definition) is 2. The number of aromatic nitrogens is 2. The molecule has 0 aliphatic carbocycles. The predicted molar refractivity (Wildman–Crippen MR) is 101 cm³/mol. The first-order valence-electron chi connectivity index (χ1n) is 7.96. The van der Waals surface area contributed by atoms with E-state index in [1.807, 2.05) is 18.2 Å². The lowest BCUT2D eigenvalue weighted by Gasteiger charge is -2.21. The summed E-state index contributed by atoms with van der Waals surface area (Å²) in [4.78, 5) is 2.35. The highest BCUT2D eigenvalue weighted by molar-refractivity contribution is 7.89. The Balaban J connectivity index is 0.00000312. The first-order valence-corrected chi connectivity index (χ1v) is 9.44. The van der Waals surface area contributed by atoms with Gasteiger partial charge in [0.2, 0.25) is 10.0 Å². The topological polar surface area (TPSA) is 93.2 Å². The molecule has 0 saturated heterocycles. The van der Waals surface area contributed by atoms with Crippen LogP contribution in [0.25, 0.3) is 0 Å². The standard InChI is InChI=1S/C16H25N5O2S.ClH/c1-20-14-16(13-18-20)24(22,23)19-9-12-21(11-8-17)10-7-15-5-3-2-4-6-15;/h2-6,13-14,19H,7-12,17H2,1H3;1H. The predicted octanol–water partition coefficient (Wildman–Crippen LogP) is 0.624. The Hall–Kier alpha value is -1.45. The van der Waals surface area contributed by atoms with Crippen LogP contribution in [0.1, 0.15) is 5.56 Å². The first-order chi connectivity index (χ1) is 11.5. The first kappa shape index (κ1) is 21.6. The molecule has 0 aliphatic rings. The van der Waals surface area contributed by atoms with Crippen molar-refractivity contribution in [1.29, 1.82) is 0 Å². The van der Waals surface area contributed by atoms with E-state index in [0.29, 0.717) is 19.6 Å². The summed E-state index contributed by atoms with van der Waals surface area (Å²) in [6.45, 7) is 3.08. The lowest BCUT2D eigenvalue weighted by Crippen LogP contribution is -2.38. The minimum atomic E-state index is -3.51. The zero-order valence-electron chi connectivity index (χ0n) is 14.3. The van der Waals surface area contributed by atoms with E-state index in [1.54, 1.807) is 7.05 Å². The van der Waals surface area contributed by atoms with Gasteiger partial charge in [-0.2, -0.15) is 5.10 Å². The largest absolute Gasteiger partial charge is 0.329 e. The van der Waals surface area contributed by atoms with Gasteiger partial charge in [-0.25, -0.2) is 13.1 Å². The van der Waals surface area contributed by atoms with E-state index in [9.17, 15) is 8.42 Å². The summed E-state index contributed by atoms with van der Waals surface area (Å²) in [5, 5.41) is 3.89. The minimum Gasteiger partial charge on any atom is -0.329 e. The third-order valence-corrected chi connectivity index (χ3v) is 5.13. The van der Waals surface area contributed by atoms with Gasteiger partial charge in [0, 0.05) is 46.0 Å². The van der Waals surface area contributed by atoms with E-state index in [0.717, 1.165) is 19.5 Å². The Labute approximate surface area is 155 Å². The summed E-state index contributed by atoms with van der Waals surface area (Å²) in [7, 11) is -1.82. The second-order valence-electron chi connectivity index (χ2n) is 5.61. The molecule has 0 atom stereocenters. The minimum absolute atomic E-state index is 0. The van der Waals surface area contributed by atoms with Crippen molar-refractivity contribution < 1.29 is 8.42 Å². The van der Waals surface area contributed by atoms with Gasteiger partial charge >= 0.3 is 0 Å². The van der Waals surface area contributed by atoms with Crippen molar-refractivity contribution in [2.24, 2.45) is 12.8 Å². The van der Waals surface area contributed by atoms with Crippen molar-refractivity contribution in [3.8, 4) is 0 Å². The highest BCUT2D eigenvalue weighted by Gasteiger charge is 2.16. The monoisotopic (exact) mass is 387 g/mol. The number of nitrogens with two attached hydrogens (primary N) is 1. The molecule has 0 fully saturated rings. The molecule has 0 amide bonds. The Morgan fingerprint density at radius 3 is 2.52 bits per heavy atom. The van der Waals surface area contributed by atoms with Crippen molar-refractivity contribution in [2.45, 2.75) is 11.3 Å². The van der Waals surface area contributed by atoms with Crippen LogP contribution in [0.2, 0.25) is 0 Å². The Bertz CT molecular complexity index is 721. The van der Waals surface area contributed by atoms with Crippen molar-refractivity contribution in [3.63, 3.8) is 0 Å². The van der Waals surface area contributed by atoms with Crippen molar-refractivity contribution in [2.75, 3.05) is 32.7 Å². The molecule has 2 rings (SSSR count). The molecule has 0 bridgehead atoms. The van der Waals surface area contributed by atoms with Crippen LogP contribution in [0, 0.1) is 0 Å². The van der Waals surface area contributed by atoms with E-state index in [-0.39, 0.29) is 17.3 Å². The molecule has 0 unspecified atom stereocenters. The fraction of sp³-hybridized carbons (Fsp3) is 0.438. The van der Waals surface area contributed by atoms with Gasteiger partial charge < -0.3 is 10.6 Å². The molecule has 0 radical (unpaired) electrons. The molecule has 1 heterocycles. The SMILES string of the molecule is Cl.Cn1cc(S(=O)(=O)NCCN(CCN)CCc2ccccc2)cn1. The number of nitrogens with zero attached hydrogens (tertiary/aromatic N) is 3. The summed E-state index contributed by atoms with van der Waals surface area (Å²) in [6.07, 6.45) is 3.74. The van der Waals surface area contributed by atoms with Gasteiger partial charge in [0.05, 0.1) is 6.20 Å². The highest BCUT2D eigenvalue weighted by atomic mass is 35.5. The molecule has 7 nitrogen and oxygen atoms in total. The summed E-state index contributed by atoms with van der Waals surface area (Å²) in [5.41, 5.74) is 6.92. The average Bonchev–Trinajstić information content (AvgIpc) is 3.01. The number of halogens is 1. The van der Waals surface area contributed by atoms with Gasteiger partial charge in [-0.1, -0.05) is 30.3 Å². The molecular formula is C16H26ClN5O2S. The van der Waals surface area contributed by atoms with Crippen LogP contribution in [0.15, 0.2) is 47.6 Å². The maximum Gasteiger partial charge on any atom is 0.243 e. The normalized spacial score (nSPS) is 11.5. The van der Waals surface area contributed by atoms with Crippen LogP contribution in [0.5, 0.6) is 0 Å². The van der Waals surface area contributed by atoms with Gasteiger partial charge in [0.25, 0.3) is 0 Å². The molecule has 1 aromatic heterocycles. The number of nitrogens with one attached hydrogen (secondary N) is 1. The van der Waals surface area contributed by atoms with Crippen LogP contribution in [-0.2, 0) is 23.5 Å². The van der Waals surface area contributed by atoms with Crippen molar-refractivity contribution >= 4 is 22.4 Å². The lowest BCUT2D eigenvalue weighted by atomic mass is 10.1. The van der Waals surface area contributed by atoms with Crippen molar-refractivity contribution in [1.82, 2.24) is 19.4 Å². The molecule has 3 N–H and O–H groups in total. The number of sulfonamides is 1. The van der Waals surface area contributed by atoms with Gasteiger partial charge in [-0.05, 0) is 12.0 Å². The maximum absolute atomic E-state index is 12.2. The van der Waals surface area contributed by atoms with Gasteiger partial charge in [-0.3, -0.25) is 4.68 Å². The molecule has 0 spiro atoms. The maximum atomic E-state index is 12.2. The third-order valence-electron chi connectivity index (χ3n) is 3.72. The zero-order chi connectivity index (χ0) is 17.4. The lowest BCUT2D eigenvalue weighted by molar-refractivity contribution is 0.289. The molecule has 1 aromatic carbocycles. The second-order valence-corrected chi connectivity index (χ2v) is 7.38. The molecule has 9 heteroatoms. The Kier molecular flexibility index (Phi) is 9.09. The Morgan fingerprint density at radius 1 is 1.20 bits per heavy atom. The number of aryl methyl sites for hydroxylation is 1. The second kappa shape index (κ2) is 10.5. The van der Waals surface area contributed by atoms with E-state index in [1.165, 1.54) is 22.6 Å².